The highest BCUT2D eigenvalue weighted by Crippen LogP contribution is 2.31. The summed E-state index contributed by atoms with van der Waals surface area (Å²) in [5, 5.41) is 6.49. The van der Waals surface area contributed by atoms with Crippen LogP contribution in [0.25, 0.3) is 22.9 Å². The zero-order valence-electron chi connectivity index (χ0n) is 22.3. The molecule has 0 saturated heterocycles. The van der Waals surface area contributed by atoms with Crippen molar-refractivity contribution in [3.63, 3.8) is 0 Å². The van der Waals surface area contributed by atoms with E-state index in [0.29, 0.717) is 30.2 Å². The van der Waals surface area contributed by atoms with Gasteiger partial charge in [0.1, 0.15) is 17.9 Å². The zero-order valence-corrected chi connectivity index (χ0v) is 24.9. The molecule has 3 heterocycles. The van der Waals surface area contributed by atoms with Gasteiger partial charge in [-0.1, -0.05) is 26.0 Å². The Morgan fingerprint density at radius 3 is 2.63 bits per heavy atom. The molecule has 8 nitrogen and oxygen atoms in total. The van der Waals surface area contributed by atoms with E-state index >= 15 is 0 Å². The third kappa shape index (κ3) is 6.82. The molecule has 0 saturated carbocycles. The van der Waals surface area contributed by atoms with E-state index in [1.807, 2.05) is 75.2 Å². The Morgan fingerprint density at radius 2 is 2.00 bits per heavy atom. The number of rotatable bonds is 7. The highest BCUT2D eigenvalue weighted by Gasteiger charge is 2.25. The maximum absolute atomic E-state index is 14.0. The fourth-order valence-corrected chi connectivity index (χ4v) is 4.52. The van der Waals surface area contributed by atoms with E-state index in [1.165, 1.54) is 0 Å². The van der Waals surface area contributed by atoms with E-state index in [4.69, 9.17) is 10.5 Å². The largest absolute Gasteiger partial charge is 0.398 e. The summed E-state index contributed by atoms with van der Waals surface area (Å²) in [5.41, 5.74) is 10.3. The van der Waals surface area contributed by atoms with Crippen molar-refractivity contribution >= 4 is 67.4 Å². The van der Waals surface area contributed by atoms with E-state index in [9.17, 15) is 4.79 Å². The van der Waals surface area contributed by atoms with Crippen LogP contribution in [0.5, 0.6) is 0 Å². The second-order valence-electron chi connectivity index (χ2n) is 8.44. The van der Waals surface area contributed by atoms with Crippen LogP contribution in [0.1, 0.15) is 31.9 Å². The van der Waals surface area contributed by atoms with E-state index in [1.54, 1.807) is 23.9 Å². The molecule has 204 valence electrons. The van der Waals surface area contributed by atoms with Gasteiger partial charge >= 0.3 is 0 Å². The van der Waals surface area contributed by atoms with Gasteiger partial charge in [-0.05, 0) is 48.9 Å². The lowest BCUT2D eigenvalue weighted by atomic mass is 10.00. The normalized spacial score (nSPS) is 16.7. The van der Waals surface area contributed by atoms with Crippen LogP contribution in [0.3, 0.4) is 0 Å². The number of nitrogens with two attached hydrogens (primary N) is 1. The van der Waals surface area contributed by atoms with Crippen LogP contribution in [0.2, 0.25) is 0 Å². The van der Waals surface area contributed by atoms with Gasteiger partial charge in [-0.2, -0.15) is 0 Å². The molecular formula is C27H36N6O2S3. The second-order valence-corrected chi connectivity index (χ2v) is 11.5. The lowest BCUT2D eigenvalue weighted by Gasteiger charge is -2.33. The number of aromatic nitrogens is 1. The first-order valence-corrected chi connectivity index (χ1v) is 13.7. The number of nitrogens with one attached hydrogen (secondary N) is 2. The minimum absolute atomic E-state index is 0.160. The van der Waals surface area contributed by atoms with E-state index < -0.39 is 3.54 Å². The molecule has 0 radical (unpaired) electrons. The first kappa shape index (κ1) is 29.8. The number of thiol groups is 3. The maximum Gasteiger partial charge on any atom is 0.264 e. The Kier molecular flexibility index (Phi) is 10.1. The number of allylic oxidation sites excluding steroid dienone is 2. The zero-order chi connectivity index (χ0) is 28.0. The van der Waals surface area contributed by atoms with Crippen molar-refractivity contribution in [2.75, 3.05) is 38.3 Å². The third-order valence-electron chi connectivity index (χ3n) is 5.80. The molecule has 4 N–H and O–H groups in total. The molecule has 2 aliphatic rings. The number of benzene rings is 1. The average molecular weight is 573 g/mol. The second kappa shape index (κ2) is 12.9. The number of hydrogen-bond acceptors (Lipinski definition) is 10. The van der Waals surface area contributed by atoms with Gasteiger partial charge in [-0.3, -0.25) is 14.4 Å². The molecule has 1 atom stereocenters. The first-order chi connectivity index (χ1) is 18.1. The first-order valence-electron chi connectivity index (χ1n) is 12.4. The highest BCUT2D eigenvalue weighted by atomic mass is 32.2. The smallest absolute Gasteiger partial charge is 0.264 e. The maximum atomic E-state index is 14.0. The van der Waals surface area contributed by atoms with Crippen molar-refractivity contribution in [3.05, 3.63) is 69.8 Å². The van der Waals surface area contributed by atoms with E-state index in [2.05, 4.69) is 53.5 Å². The SMILES string of the molecule is CC.CCOC1C=Cc2cc(-c3ccc(N)c(C=NC)c3)c(=O)n(C3=CC=C(NC(S)(S)S)N(C)C3)c2N1. The summed E-state index contributed by atoms with van der Waals surface area (Å²) >= 11 is 13.0. The number of likely N-dealkylation sites (N-methyl/N-ethyl adjacent to an activating group) is 1. The van der Waals surface area contributed by atoms with Crippen LogP contribution in [-0.4, -0.2) is 52.7 Å². The predicted molar refractivity (Wildman–Crippen MR) is 171 cm³/mol. The van der Waals surface area contributed by atoms with Gasteiger partial charge in [0.25, 0.3) is 5.56 Å². The molecule has 11 heteroatoms. The fraction of sp³-hybridized carbons (Fsp3) is 0.333. The number of nitrogen functional groups attached to an aromatic ring is 1. The molecular weight excluding hydrogens is 537 g/mol. The van der Waals surface area contributed by atoms with Gasteiger partial charge in [-0.25, -0.2) is 0 Å². The van der Waals surface area contributed by atoms with Crippen LogP contribution in [-0.2, 0) is 4.74 Å². The van der Waals surface area contributed by atoms with Gasteiger partial charge in [0.2, 0.25) is 0 Å². The lowest BCUT2D eigenvalue weighted by molar-refractivity contribution is 0.115. The Balaban J connectivity index is 0.00000195. The Hall–Kier alpha value is -2.73. The molecule has 4 rings (SSSR count). The number of pyridine rings is 1. The standard InChI is InChI=1S/C25H30N6O2S3.C2H6/c1-4-33-22-10-6-16-12-19(15-5-8-20(26)17(11-15)13-27-2)24(32)31(23(16)28-22)18-7-9-21(30(3)14-18)29-25(34,35)36;1-2/h5-13,22,28-29,34-36H,4,14,26H2,1-3H3;1-2H3. The summed E-state index contributed by atoms with van der Waals surface area (Å²) in [5.74, 6) is 1.45. The molecule has 1 aromatic heterocycles. The third-order valence-corrected chi connectivity index (χ3v) is 6.13. The molecule has 1 unspecified atom stereocenters. The molecule has 2 aromatic rings. The van der Waals surface area contributed by atoms with Crippen molar-refractivity contribution in [1.82, 2.24) is 14.8 Å². The molecule has 0 aliphatic carbocycles. The number of anilines is 2. The summed E-state index contributed by atoms with van der Waals surface area (Å²) in [6.07, 6.45) is 9.05. The van der Waals surface area contributed by atoms with Crippen LogP contribution < -0.4 is 21.9 Å². The van der Waals surface area contributed by atoms with Gasteiger partial charge in [0.15, 0.2) is 3.54 Å². The molecule has 0 bridgehead atoms. The highest BCUT2D eigenvalue weighted by molar-refractivity contribution is 8.16. The summed E-state index contributed by atoms with van der Waals surface area (Å²) in [6.45, 7) is 6.93. The molecule has 0 spiro atoms. The van der Waals surface area contributed by atoms with Crippen LogP contribution >= 0.6 is 37.9 Å². The lowest BCUT2D eigenvalue weighted by Crippen LogP contribution is -2.40. The summed E-state index contributed by atoms with van der Waals surface area (Å²) in [7, 11) is 3.60. The van der Waals surface area contributed by atoms with Crippen molar-refractivity contribution in [1.29, 1.82) is 0 Å². The fourth-order valence-electron chi connectivity index (χ4n) is 4.17. The monoisotopic (exact) mass is 572 g/mol. The van der Waals surface area contributed by atoms with Crippen LogP contribution in [0, 0.1) is 0 Å². The quantitative estimate of drug-likeness (QED) is 0.126. The number of fused-ring (bicyclic) bond motifs is 1. The number of ether oxygens (including phenoxy) is 1. The van der Waals surface area contributed by atoms with Gasteiger partial charge in [0, 0.05) is 55.0 Å². The van der Waals surface area contributed by atoms with E-state index in [-0.39, 0.29) is 11.8 Å². The Bertz CT molecular complexity index is 1340. The summed E-state index contributed by atoms with van der Waals surface area (Å²) in [4.78, 5) is 20.1. The predicted octanol–water partition coefficient (Wildman–Crippen LogP) is 4.59. The molecule has 2 aliphatic heterocycles. The Labute approximate surface area is 241 Å². The number of hydrogen-bond donors (Lipinski definition) is 6. The van der Waals surface area contributed by atoms with Crippen LogP contribution in [0.4, 0.5) is 11.5 Å². The minimum atomic E-state index is -0.993. The van der Waals surface area contributed by atoms with Gasteiger partial charge in [0.05, 0.1) is 6.54 Å². The molecule has 38 heavy (non-hydrogen) atoms. The van der Waals surface area contributed by atoms with E-state index in [0.717, 1.165) is 28.2 Å². The van der Waals surface area contributed by atoms with Crippen molar-refractivity contribution in [2.24, 2.45) is 4.99 Å². The van der Waals surface area contributed by atoms with Crippen LogP contribution in [0.15, 0.2) is 58.1 Å². The van der Waals surface area contributed by atoms with Gasteiger partial charge in [-0.15, -0.1) is 37.9 Å². The molecule has 0 fully saturated rings. The number of aliphatic imine (C=N–C) groups is 1. The summed E-state index contributed by atoms with van der Waals surface area (Å²) in [6, 6.07) is 7.43. The topological polar surface area (TPSA) is 96.9 Å². The average Bonchev–Trinajstić information content (AvgIpc) is 2.87. The minimum Gasteiger partial charge on any atom is -0.398 e. The summed E-state index contributed by atoms with van der Waals surface area (Å²) < 4.78 is 6.49. The van der Waals surface area contributed by atoms with Crippen molar-refractivity contribution in [2.45, 2.75) is 30.5 Å². The van der Waals surface area contributed by atoms with Gasteiger partial charge < -0.3 is 26.0 Å². The molecule has 1 aromatic carbocycles. The molecule has 0 amide bonds. The Morgan fingerprint density at radius 1 is 1.26 bits per heavy atom. The number of nitrogens with zero attached hydrogens (tertiary/aromatic N) is 3. The van der Waals surface area contributed by atoms with Crippen molar-refractivity contribution < 1.29 is 4.74 Å². The van der Waals surface area contributed by atoms with Crippen molar-refractivity contribution in [3.8, 4) is 11.1 Å².